The van der Waals surface area contributed by atoms with E-state index in [0.29, 0.717) is 24.1 Å². The van der Waals surface area contributed by atoms with Crippen LogP contribution in [0.3, 0.4) is 0 Å². The third kappa shape index (κ3) is 5.38. The number of rotatable bonds is 6. The standard InChI is InChI=1S/C22H25N5O2S/c1-16-3-2-12-23-20(16)9-6-17-4-7-18(8-5-17)29-22(28)27-13-10-19(11-14-27)30-21-24-15-25-26-21/h2-5,7-8,12,15,19H,6,9-11,13-14H2,1H3,(H,24,25,26). The lowest BCUT2D eigenvalue weighted by Crippen LogP contribution is -2.40. The molecule has 1 saturated heterocycles. The number of H-pyrrole nitrogens is 1. The molecule has 8 heteroatoms. The molecule has 7 nitrogen and oxygen atoms in total. The van der Waals surface area contributed by atoms with Gasteiger partial charge in [0.2, 0.25) is 5.16 Å². The Morgan fingerprint density at radius 2 is 1.97 bits per heavy atom. The molecule has 0 aliphatic carbocycles. The van der Waals surface area contributed by atoms with Crippen LogP contribution in [0.4, 0.5) is 4.79 Å². The predicted molar refractivity (Wildman–Crippen MR) is 116 cm³/mol. The Kier molecular flexibility index (Phi) is 6.63. The maximum atomic E-state index is 12.5. The number of aryl methyl sites for hydroxylation is 3. The summed E-state index contributed by atoms with van der Waals surface area (Å²) < 4.78 is 5.57. The van der Waals surface area contributed by atoms with Crippen molar-refractivity contribution >= 4 is 17.9 Å². The maximum absolute atomic E-state index is 12.5. The Hall–Kier alpha value is -2.87. The van der Waals surface area contributed by atoms with Crippen LogP contribution in [-0.2, 0) is 12.8 Å². The number of piperidine rings is 1. The minimum atomic E-state index is -0.284. The number of benzene rings is 1. The van der Waals surface area contributed by atoms with Crippen molar-refractivity contribution < 1.29 is 9.53 Å². The van der Waals surface area contributed by atoms with Crippen LogP contribution >= 0.6 is 11.8 Å². The first kappa shape index (κ1) is 20.4. The Bertz CT molecular complexity index is 954. The number of aromatic amines is 1. The number of carbonyl (C=O) groups is 1. The van der Waals surface area contributed by atoms with Crippen LogP contribution in [0.1, 0.15) is 29.7 Å². The fraction of sp³-hybridized carbons (Fsp3) is 0.364. The Balaban J connectivity index is 1.23. The topological polar surface area (TPSA) is 84.0 Å². The molecule has 156 valence electrons. The summed E-state index contributed by atoms with van der Waals surface area (Å²) in [5, 5.41) is 7.99. The number of nitrogens with one attached hydrogen (secondary N) is 1. The lowest BCUT2D eigenvalue weighted by Gasteiger charge is -2.30. The smallest absolute Gasteiger partial charge is 0.410 e. The highest BCUT2D eigenvalue weighted by atomic mass is 32.2. The lowest BCUT2D eigenvalue weighted by molar-refractivity contribution is 0.143. The van der Waals surface area contributed by atoms with Gasteiger partial charge in [-0.15, -0.1) is 5.10 Å². The summed E-state index contributed by atoms with van der Waals surface area (Å²) in [4.78, 5) is 22.8. The van der Waals surface area contributed by atoms with Crippen molar-refractivity contribution in [2.75, 3.05) is 13.1 Å². The highest BCUT2D eigenvalue weighted by molar-refractivity contribution is 7.99. The summed E-state index contributed by atoms with van der Waals surface area (Å²) in [7, 11) is 0. The van der Waals surface area contributed by atoms with Gasteiger partial charge >= 0.3 is 6.09 Å². The molecule has 0 bridgehead atoms. The van der Waals surface area contributed by atoms with Crippen LogP contribution in [0.5, 0.6) is 5.75 Å². The molecule has 4 rings (SSSR count). The largest absolute Gasteiger partial charge is 0.415 e. The van der Waals surface area contributed by atoms with Gasteiger partial charge in [0.15, 0.2) is 0 Å². The summed E-state index contributed by atoms with van der Waals surface area (Å²) >= 11 is 1.66. The van der Waals surface area contributed by atoms with Gasteiger partial charge in [-0.3, -0.25) is 10.1 Å². The minimum absolute atomic E-state index is 0.284. The van der Waals surface area contributed by atoms with E-state index in [1.807, 2.05) is 36.5 Å². The third-order valence-corrected chi connectivity index (χ3v) is 6.47. The van der Waals surface area contributed by atoms with E-state index in [2.05, 4.69) is 33.2 Å². The second-order valence-electron chi connectivity index (χ2n) is 7.36. The van der Waals surface area contributed by atoms with Gasteiger partial charge in [0.05, 0.1) is 0 Å². The molecule has 0 unspecified atom stereocenters. The molecule has 0 spiro atoms. The highest BCUT2D eigenvalue weighted by Gasteiger charge is 2.25. The fourth-order valence-corrected chi connectivity index (χ4v) is 4.46. The van der Waals surface area contributed by atoms with E-state index in [4.69, 9.17) is 4.74 Å². The molecule has 1 fully saturated rings. The average Bonchev–Trinajstić information content (AvgIpc) is 3.28. The van der Waals surface area contributed by atoms with Gasteiger partial charge in [0.1, 0.15) is 12.1 Å². The van der Waals surface area contributed by atoms with Gasteiger partial charge in [-0.1, -0.05) is 30.0 Å². The molecular formula is C22H25N5O2S. The summed E-state index contributed by atoms with van der Waals surface area (Å²) in [6.45, 7) is 3.45. The number of carbonyl (C=O) groups excluding carboxylic acids is 1. The molecule has 1 aliphatic heterocycles. The van der Waals surface area contributed by atoms with Crippen LogP contribution in [0.2, 0.25) is 0 Å². The van der Waals surface area contributed by atoms with Crippen molar-refractivity contribution in [1.82, 2.24) is 25.1 Å². The Labute approximate surface area is 180 Å². The zero-order valence-electron chi connectivity index (χ0n) is 17.0. The first-order valence-electron chi connectivity index (χ1n) is 10.2. The van der Waals surface area contributed by atoms with Gasteiger partial charge in [0.25, 0.3) is 0 Å². The zero-order chi connectivity index (χ0) is 20.8. The second-order valence-corrected chi connectivity index (χ2v) is 8.63. The van der Waals surface area contributed by atoms with Crippen molar-refractivity contribution in [3.05, 3.63) is 65.7 Å². The van der Waals surface area contributed by atoms with Gasteiger partial charge in [0, 0.05) is 30.2 Å². The second kappa shape index (κ2) is 9.75. The molecule has 3 heterocycles. The van der Waals surface area contributed by atoms with E-state index in [1.54, 1.807) is 23.0 Å². The van der Waals surface area contributed by atoms with Gasteiger partial charge in [-0.25, -0.2) is 9.78 Å². The van der Waals surface area contributed by atoms with Crippen molar-refractivity contribution in [3.63, 3.8) is 0 Å². The number of likely N-dealkylation sites (tertiary alicyclic amines) is 1. The summed E-state index contributed by atoms with van der Waals surface area (Å²) in [5.74, 6) is 0.579. The predicted octanol–water partition coefficient (Wildman–Crippen LogP) is 4.05. The van der Waals surface area contributed by atoms with Crippen molar-refractivity contribution in [2.45, 2.75) is 43.0 Å². The monoisotopic (exact) mass is 423 g/mol. The van der Waals surface area contributed by atoms with E-state index < -0.39 is 0 Å². The number of thioether (sulfide) groups is 1. The maximum Gasteiger partial charge on any atom is 0.415 e. The number of hydrogen-bond acceptors (Lipinski definition) is 6. The Morgan fingerprint density at radius 3 is 2.67 bits per heavy atom. The van der Waals surface area contributed by atoms with E-state index in [-0.39, 0.29) is 6.09 Å². The molecule has 3 aromatic rings. The quantitative estimate of drug-likeness (QED) is 0.644. The summed E-state index contributed by atoms with van der Waals surface area (Å²) in [5.41, 5.74) is 3.54. The highest BCUT2D eigenvalue weighted by Crippen LogP contribution is 2.28. The number of nitrogens with zero attached hydrogens (tertiary/aromatic N) is 4. The van der Waals surface area contributed by atoms with Crippen molar-refractivity contribution in [2.24, 2.45) is 0 Å². The fourth-order valence-electron chi connectivity index (χ4n) is 3.49. The van der Waals surface area contributed by atoms with Crippen LogP contribution in [-0.4, -0.2) is 49.5 Å². The molecule has 1 aliphatic rings. The van der Waals surface area contributed by atoms with E-state index in [0.717, 1.165) is 36.5 Å². The zero-order valence-corrected chi connectivity index (χ0v) is 17.8. The van der Waals surface area contributed by atoms with E-state index >= 15 is 0 Å². The van der Waals surface area contributed by atoms with Crippen LogP contribution in [0, 0.1) is 6.92 Å². The molecule has 1 aromatic carbocycles. The Morgan fingerprint density at radius 1 is 1.17 bits per heavy atom. The molecule has 30 heavy (non-hydrogen) atoms. The lowest BCUT2D eigenvalue weighted by atomic mass is 10.1. The summed E-state index contributed by atoms with van der Waals surface area (Å²) in [6.07, 6.45) is 6.74. The molecular weight excluding hydrogens is 398 g/mol. The van der Waals surface area contributed by atoms with Gasteiger partial charge in [-0.2, -0.15) is 0 Å². The molecule has 2 aromatic heterocycles. The number of aromatic nitrogens is 4. The van der Waals surface area contributed by atoms with Crippen LogP contribution in [0.15, 0.2) is 54.1 Å². The molecule has 1 N–H and O–H groups in total. The number of pyridine rings is 1. The molecule has 1 amide bonds. The van der Waals surface area contributed by atoms with Crippen molar-refractivity contribution in [1.29, 1.82) is 0 Å². The number of amides is 1. The minimum Gasteiger partial charge on any atom is -0.410 e. The van der Waals surface area contributed by atoms with Crippen molar-refractivity contribution in [3.8, 4) is 5.75 Å². The third-order valence-electron chi connectivity index (χ3n) is 5.26. The first-order valence-corrected chi connectivity index (χ1v) is 11.0. The van der Waals surface area contributed by atoms with E-state index in [1.165, 1.54) is 11.1 Å². The first-order chi connectivity index (χ1) is 14.7. The number of ether oxygens (including phenoxy) is 1. The molecule has 0 atom stereocenters. The average molecular weight is 424 g/mol. The van der Waals surface area contributed by atoms with Gasteiger partial charge in [-0.05, 0) is 61.9 Å². The summed E-state index contributed by atoms with van der Waals surface area (Å²) in [6, 6.07) is 11.8. The van der Waals surface area contributed by atoms with Crippen LogP contribution < -0.4 is 4.74 Å². The number of hydrogen-bond donors (Lipinski definition) is 1. The molecule has 0 radical (unpaired) electrons. The van der Waals surface area contributed by atoms with E-state index in [9.17, 15) is 4.79 Å². The SMILES string of the molecule is Cc1cccnc1CCc1ccc(OC(=O)N2CCC(Sc3nc[nH]n3)CC2)cc1. The normalized spacial score (nSPS) is 14.6. The van der Waals surface area contributed by atoms with Crippen LogP contribution in [0.25, 0.3) is 0 Å². The van der Waals surface area contributed by atoms with Gasteiger partial charge < -0.3 is 9.64 Å². The molecule has 0 saturated carbocycles.